The first kappa shape index (κ1) is 18.3. The van der Waals surface area contributed by atoms with Crippen molar-refractivity contribution in [3.05, 3.63) is 59.7 Å². The molecule has 1 atom stereocenters. The number of aryl methyl sites for hydroxylation is 1. The average Bonchev–Trinajstić information content (AvgIpc) is 2.83. The maximum Gasteiger partial charge on any atom is 0.237 e. The van der Waals surface area contributed by atoms with Crippen LogP contribution in [0.25, 0.3) is 0 Å². The molecule has 6 heteroatoms. The highest BCUT2D eigenvalue weighted by molar-refractivity contribution is 8.01. The van der Waals surface area contributed by atoms with E-state index in [1.54, 1.807) is 7.11 Å². The summed E-state index contributed by atoms with van der Waals surface area (Å²) >= 11 is 1.39. The summed E-state index contributed by atoms with van der Waals surface area (Å²) in [4.78, 5) is 24.5. The zero-order chi connectivity index (χ0) is 18.4. The van der Waals surface area contributed by atoms with E-state index >= 15 is 0 Å². The van der Waals surface area contributed by atoms with Crippen molar-refractivity contribution in [3.8, 4) is 5.75 Å². The van der Waals surface area contributed by atoms with Crippen LogP contribution in [0.4, 0.5) is 5.69 Å². The molecule has 0 radical (unpaired) electrons. The van der Waals surface area contributed by atoms with E-state index in [2.05, 4.69) is 10.6 Å². The van der Waals surface area contributed by atoms with E-state index in [0.717, 1.165) is 35.4 Å². The van der Waals surface area contributed by atoms with Crippen LogP contribution in [0.15, 0.2) is 48.5 Å². The van der Waals surface area contributed by atoms with Gasteiger partial charge in [-0.3, -0.25) is 9.59 Å². The molecule has 1 aliphatic heterocycles. The molecule has 0 saturated carbocycles. The van der Waals surface area contributed by atoms with E-state index in [0.29, 0.717) is 6.54 Å². The Kier molecular flexibility index (Phi) is 6.17. The second-order valence-electron chi connectivity index (χ2n) is 6.07. The van der Waals surface area contributed by atoms with E-state index < -0.39 is 0 Å². The monoisotopic (exact) mass is 370 g/mol. The van der Waals surface area contributed by atoms with Gasteiger partial charge < -0.3 is 15.4 Å². The molecule has 2 amide bonds. The second-order valence-corrected chi connectivity index (χ2v) is 7.26. The van der Waals surface area contributed by atoms with E-state index in [1.165, 1.54) is 11.8 Å². The smallest absolute Gasteiger partial charge is 0.237 e. The van der Waals surface area contributed by atoms with Crippen molar-refractivity contribution in [3.63, 3.8) is 0 Å². The lowest BCUT2D eigenvalue weighted by molar-refractivity contribution is -0.118. The first-order chi connectivity index (χ1) is 12.7. The Morgan fingerprint density at radius 1 is 1.23 bits per heavy atom. The number of fused-ring (bicyclic) bond motifs is 1. The van der Waals surface area contributed by atoms with Gasteiger partial charge in [-0.2, -0.15) is 0 Å². The maximum absolute atomic E-state index is 12.4. The molecule has 0 spiro atoms. The van der Waals surface area contributed by atoms with Crippen molar-refractivity contribution in [1.82, 2.24) is 5.32 Å². The molecule has 1 unspecified atom stereocenters. The van der Waals surface area contributed by atoms with Crippen LogP contribution in [-0.2, 0) is 22.6 Å². The van der Waals surface area contributed by atoms with Gasteiger partial charge in [0.05, 0.1) is 18.1 Å². The van der Waals surface area contributed by atoms with Crippen molar-refractivity contribution in [2.45, 2.75) is 24.6 Å². The fourth-order valence-corrected chi connectivity index (χ4v) is 3.87. The number of rotatable bonds is 6. The largest absolute Gasteiger partial charge is 0.496 e. The standard InChI is InChI=1S/C20H22N2O3S/c1-25-17-9-5-3-7-15(17)12-21-19(23)13-26-18-11-10-14-6-2-4-8-16(14)22-20(18)24/h2-9,18H,10-13H2,1H3,(H,21,23)(H,22,24). The van der Waals surface area contributed by atoms with Gasteiger partial charge in [0, 0.05) is 17.8 Å². The maximum atomic E-state index is 12.4. The molecular weight excluding hydrogens is 348 g/mol. The highest BCUT2D eigenvalue weighted by atomic mass is 32.2. The summed E-state index contributed by atoms with van der Waals surface area (Å²) in [5.74, 6) is 0.887. The summed E-state index contributed by atoms with van der Waals surface area (Å²) in [6, 6.07) is 15.4. The molecule has 2 N–H and O–H groups in total. The number of thioether (sulfide) groups is 1. The fraction of sp³-hybridized carbons (Fsp3) is 0.300. The summed E-state index contributed by atoms with van der Waals surface area (Å²) in [6.45, 7) is 0.408. The first-order valence-corrected chi connectivity index (χ1v) is 9.61. The molecule has 0 aliphatic carbocycles. The predicted molar refractivity (Wildman–Crippen MR) is 104 cm³/mol. The minimum atomic E-state index is -0.223. The number of ether oxygens (including phenoxy) is 1. The van der Waals surface area contributed by atoms with Crippen molar-refractivity contribution >= 4 is 29.3 Å². The molecular formula is C20H22N2O3S. The van der Waals surface area contributed by atoms with Crippen LogP contribution >= 0.6 is 11.8 Å². The average molecular weight is 370 g/mol. The Hall–Kier alpha value is -2.47. The van der Waals surface area contributed by atoms with Gasteiger partial charge in [0.2, 0.25) is 11.8 Å². The summed E-state index contributed by atoms with van der Waals surface area (Å²) < 4.78 is 5.28. The van der Waals surface area contributed by atoms with Gasteiger partial charge in [0.1, 0.15) is 5.75 Å². The summed E-state index contributed by atoms with van der Waals surface area (Å²) in [5.41, 5.74) is 2.95. The summed E-state index contributed by atoms with van der Waals surface area (Å²) in [5, 5.41) is 5.63. The quantitative estimate of drug-likeness (QED) is 0.820. The van der Waals surface area contributed by atoms with Crippen molar-refractivity contribution in [2.24, 2.45) is 0 Å². The first-order valence-electron chi connectivity index (χ1n) is 8.56. The molecule has 136 valence electrons. The fourth-order valence-electron chi connectivity index (χ4n) is 2.92. The van der Waals surface area contributed by atoms with Crippen molar-refractivity contribution < 1.29 is 14.3 Å². The van der Waals surface area contributed by atoms with Gasteiger partial charge in [-0.05, 0) is 30.5 Å². The minimum Gasteiger partial charge on any atom is -0.496 e. The summed E-state index contributed by atoms with van der Waals surface area (Å²) in [6.07, 6.45) is 1.56. The molecule has 2 aromatic carbocycles. The summed E-state index contributed by atoms with van der Waals surface area (Å²) in [7, 11) is 1.61. The van der Waals surface area contributed by atoms with Crippen molar-refractivity contribution in [1.29, 1.82) is 0 Å². The van der Waals surface area contributed by atoms with Crippen LogP contribution in [0.3, 0.4) is 0 Å². The molecule has 0 fully saturated rings. The third kappa shape index (κ3) is 4.58. The number of carbonyl (C=O) groups excluding carboxylic acids is 2. The van der Waals surface area contributed by atoms with Gasteiger partial charge >= 0.3 is 0 Å². The third-order valence-electron chi connectivity index (χ3n) is 4.33. The zero-order valence-electron chi connectivity index (χ0n) is 14.7. The van der Waals surface area contributed by atoms with E-state index in [-0.39, 0.29) is 22.8 Å². The highest BCUT2D eigenvalue weighted by Gasteiger charge is 2.24. The molecule has 2 aromatic rings. The van der Waals surface area contributed by atoms with Crippen LogP contribution in [0, 0.1) is 0 Å². The zero-order valence-corrected chi connectivity index (χ0v) is 15.5. The van der Waals surface area contributed by atoms with E-state index in [1.807, 2.05) is 48.5 Å². The number of amides is 2. The second kappa shape index (κ2) is 8.76. The van der Waals surface area contributed by atoms with E-state index in [4.69, 9.17) is 4.74 Å². The Bertz CT molecular complexity index is 794. The Morgan fingerprint density at radius 2 is 2.00 bits per heavy atom. The Labute approximate surface area is 157 Å². The lowest BCUT2D eigenvalue weighted by atomic mass is 10.1. The third-order valence-corrected chi connectivity index (χ3v) is 5.61. The van der Waals surface area contributed by atoms with Gasteiger partial charge in [0.25, 0.3) is 0 Å². The number of anilines is 1. The van der Waals surface area contributed by atoms with Crippen LogP contribution in [-0.4, -0.2) is 29.9 Å². The number of methoxy groups -OCH3 is 1. The number of nitrogens with one attached hydrogen (secondary N) is 2. The van der Waals surface area contributed by atoms with Crippen molar-refractivity contribution in [2.75, 3.05) is 18.2 Å². The molecule has 26 heavy (non-hydrogen) atoms. The van der Waals surface area contributed by atoms with E-state index in [9.17, 15) is 9.59 Å². The Balaban J connectivity index is 1.49. The van der Waals surface area contributed by atoms with Gasteiger partial charge in [-0.1, -0.05) is 36.4 Å². The van der Waals surface area contributed by atoms with Crippen LogP contribution in [0.2, 0.25) is 0 Å². The molecule has 0 bridgehead atoms. The number of para-hydroxylation sites is 2. The van der Waals surface area contributed by atoms with Gasteiger partial charge in [0.15, 0.2) is 0 Å². The minimum absolute atomic E-state index is 0.0301. The number of benzene rings is 2. The predicted octanol–water partition coefficient (Wildman–Crippen LogP) is 3.00. The highest BCUT2D eigenvalue weighted by Crippen LogP contribution is 2.27. The lowest BCUT2D eigenvalue weighted by Crippen LogP contribution is -2.29. The normalized spacial score (nSPS) is 16.2. The number of carbonyl (C=O) groups is 2. The van der Waals surface area contributed by atoms with Crippen LogP contribution < -0.4 is 15.4 Å². The van der Waals surface area contributed by atoms with Crippen LogP contribution in [0.1, 0.15) is 17.5 Å². The SMILES string of the molecule is COc1ccccc1CNC(=O)CSC1CCc2ccccc2NC1=O. The van der Waals surface area contributed by atoms with Gasteiger partial charge in [-0.15, -0.1) is 11.8 Å². The molecule has 3 rings (SSSR count). The topological polar surface area (TPSA) is 67.4 Å². The molecule has 0 aromatic heterocycles. The lowest BCUT2D eigenvalue weighted by Gasteiger charge is -2.13. The number of hydrogen-bond acceptors (Lipinski definition) is 4. The molecule has 0 saturated heterocycles. The number of hydrogen-bond donors (Lipinski definition) is 2. The molecule has 5 nitrogen and oxygen atoms in total. The van der Waals surface area contributed by atoms with Crippen LogP contribution in [0.5, 0.6) is 5.75 Å². The molecule has 1 heterocycles. The molecule has 1 aliphatic rings. The van der Waals surface area contributed by atoms with Gasteiger partial charge in [-0.25, -0.2) is 0 Å². The Morgan fingerprint density at radius 3 is 2.85 bits per heavy atom.